The second kappa shape index (κ2) is 8.63. The van der Waals surface area contributed by atoms with Gasteiger partial charge in [0, 0.05) is 10.6 Å². The number of esters is 1. The highest BCUT2D eigenvalue weighted by Crippen LogP contribution is 2.38. The third kappa shape index (κ3) is 4.36. The summed E-state index contributed by atoms with van der Waals surface area (Å²) in [6.07, 6.45) is 3.92. The van der Waals surface area contributed by atoms with Crippen LogP contribution in [0.4, 0.5) is 10.7 Å². The van der Waals surface area contributed by atoms with Crippen LogP contribution in [0, 0.1) is 0 Å². The Morgan fingerprint density at radius 1 is 1.22 bits per heavy atom. The van der Waals surface area contributed by atoms with Crippen LogP contribution in [-0.2, 0) is 22.4 Å². The smallest absolute Gasteiger partial charge is 0.341 e. The number of ether oxygens (including phenoxy) is 2. The Labute approximate surface area is 166 Å². The topological polar surface area (TPSA) is 76.7 Å². The first-order chi connectivity index (χ1) is 13.0. The van der Waals surface area contributed by atoms with Crippen LogP contribution in [0.5, 0.6) is 5.75 Å². The van der Waals surface area contributed by atoms with Gasteiger partial charge in [0.25, 0.3) is 0 Å². The van der Waals surface area contributed by atoms with Gasteiger partial charge in [0.15, 0.2) is 0 Å². The fraction of sp³-hybridized carbons (Fsp3) is 0.368. The number of hydrogen-bond donors (Lipinski definition) is 2. The zero-order valence-electron chi connectivity index (χ0n) is 15.2. The summed E-state index contributed by atoms with van der Waals surface area (Å²) in [5.74, 6) is -0.0798. The van der Waals surface area contributed by atoms with Gasteiger partial charge in [-0.3, -0.25) is 4.79 Å². The van der Waals surface area contributed by atoms with E-state index >= 15 is 0 Å². The minimum absolute atomic E-state index is 0.0475. The molecule has 8 heteroatoms. The molecule has 1 aromatic heterocycles. The second-order valence-corrected chi connectivity index (χ2v) is 7.67. The predicted octanol–water partition coefficient (Wildman–Crippen LogP) is 4.13. The van der Waals surface area contributed by atoms with E-state index in [2.05, 4.69) is 10.6 Å². The molecule has 0 aliphatic heterocycles. The third-order valence-electron chi connectivity index (χ3n) is 4.42. The standard InChI is InChI=1S/C19H21ClN2O4S/c1-25-14-8-7-11(9-13(14)20)21-10-16(23)22-18-17(19(24)26-2)12-5-3-4-6-15(12)27-18/h7-9,21H,3-6,10H2,1-2H3,(H,22,23). The molecule has 3 rings (SSSR count). The zero-order chi connectivity index (χ0) is 19.4. The summed E-state index contributed by atoms with van der Waals surface area (Å²) in [7, 11) is 2.90. The largest absolute Gasteiger partial charge is 0.495 e. The number of nitrogens with one attached hydrogen (secondary N) is 2. The van der Waals surface area contributed by atoms with Crippen molar-refractivity contribution >= 4 is 45.5 Å². The molecular weight excluding hydrogens is 388 g/mol. The maximum Gasteiger partial charge on any atom is 0.341 e. The van der Waals surface area contributed by atoms with Crippen LogP contribution in [-0.4, -0.2) is 32.6 Å². The third-order valence-corrected chi connectivity index (χ3v) is 5.92. The monoisotopic (exact) mass is 408 g/mol. The lowest BCUT2D eigenvalue weighted by molar-refractivity contribution is -0.114. The van der Waals surface area contributed by atoms with E-state index in [0.717, 1.165) is 36.1 Å². The minimum Gasteiger partial charge on any atom is -0.495 e. The molecule has 0 saturated carbocycles. The average Bonchev–Trinajstić information content (AvgIpc) is 3.03. The highest BCUT2D eigenvalue weighted by molar-refractivity contribution is 7.17. The Balaban J connectivity index is 1.70. The normalized spacial score (nSPS) is 12.9. The molecule has 2 aromatic rings. The van der Waals surface area contributed by atoms with Crippen molar-refractivity contribution in [2.45, 2.75) is 25.7 Å². The number of methoxy groups -OCH3 is 2. The fourth-order valence-electron chi connectivity index (χ4n) is 3.10. The number of aryl methyl sites for hydroxylation is 1. The maximum absolute atomic E-state index is 12.4. The lowest BCUT2D eigenvalue weighted by Crippen LogP contribution is -2.22. The average molecular weight is 409 g/mol. The molecule has 0 atom stereocenters. The number of carbonyl (C=O) groups is 2. The van der Waals surface area contributed by atoms with Gasteiger partial charge in [-0.15, -0.1) is 11.3 Å². The molecule has 6 nitrogen and oxygen atoms in total. The summed E-state index contributed by atoms with van der Waals surface area (Å²) in [5.41, 5.74) is 2.22. The molecule has 1 aromatic carbocycles. The first kappa shape index (κ1) is 19.5. The molecule has 0 fully saturated rings. The second-order valence-electron chi connectivity index (χ2n) is 6.16. The molecular formula is C19H21ClN2O4S. The molecule has 1 amide bonds. The Hall–Kier alpha value is -2.25. The molecule has 1 aliphatic rings. The van der Waals surface area contributed by atoms with E-state index in [1.807, 2.05) is 0 Å². The van der Waals surface area contributed by atoms with Gasteiger partial charge < -0.3 is 20.1 Å². The number of hydrogen-bond acceptors (Lipinski definition) is 6. The van der Waals surface area contributed by atoms with Gasteiger partial charge in [0.1, 0.15) is 10.8 Å². The first-order valence-electron chi connectivity index (χ1n) is 8.63. The molecule has 0 saturated heterocycles. The van der Waals surface area contributed by atoms with Crippen molar-refractivity contribution in [2.75, 3.05) is 31.4 Å². The summed E-state index contributed by atoms with van der Waals surface area (Å²) in [6, 6.07) is 5.20. The molecule has 0 bridgehead atoms. The van der Waals surface area contributed by atoms with Crippen LogP contribution in [0.2, 0.25) is 5.02 Å². The Morgan fingerprint density at radius 2 is 2.00 bits per heavy atom. The maximum atomic E-state index is 12.4. The zero-order valence-corrected chi connectivity index (χ0v) is 16.8. The van der Waals surface area contributed by atoms with Crippen LogP contribution in [0.25, 0.3) is 0 Å². The van der Waals surface area contributed by atoms with Gasteiger partial charge in [-0.05, 0) is 49.4 Å². The molecule has 0 radical (unpaired) electrons. The summed E-state index contributed by atoms with van der Waals surface area (Å²) < 4.78 is 10.0. The van der Waals surface area contributed by atoms with E-state index in [-0.39, 0.29) is 12.5 Å². The van der Waals surface area contributed by atoms with Crippen LogP contribution < -0.4 is 15.4 Å². The molecule has 1 heterocycles. The highest BCUT2D eigenvalue weighted by Gasteiger charge is 2.26. The van der Waals surface area contributed by atoms with Crippen LogP contribution in [0.15, 0.2) is 18.2 Å². The number of anilines is 2. The fourth-order valence-corrected chi connectivity index (χ4v) is 4.65. The number of halogens is 1. The van der Waals surface area contributed by atoms with Crippen LogP contribution in [0.3, 0.4) is 0 Å². The van der Waals surface area contributed by atoms with Crippen molar-refractivity contribution in [1.29, 1.82) is 0 Å². The van der Waals surface area contributed by atoms with Crippen molar-refractivity contribution in [1.82, 2.24) is 0 Å². The Morgan fingerprint density at radius 3 is 2.70 bits per heavy atom. The minimum atomic E-state index is -0.403. The van der Waals surface area contributed by atoms with E-state index in [0.29, 0.717) is 27.0 Å². The number of benzene rings is 1. The summed E-state index contributed by atoms with van der Waals surface area (Å²) in [6.45, 7) is 0.0475. The van der Waals surface area contributed by atoms with E-state index < -0.39 is 5.97 Å². The van der Waals surface area contributed by atoms with E-state index in [4.69, 9.17) is 21.1 Å². The number of rotatable bonds is 6. The van der Waals surface area contributed by atoms with E-state index in [1.54, 1.807) is 25.3 Å². The first-order valence-corrected chi connectivity index (χ1v) is 9.83. The van der Waals surface area contributed by atoms with Crippen molar-refractivity contribution in [3.8, 4) is 5.75 Å². The molecule has 144 valence electrons. The molecule has 0 spiro atoms. The van der Waals surface area contributed by atoms with Gasteiger partial charge in [0.05, 0.1) is 31.4 Å². The lowest BCUT2D eigenvalue weighted by atomic mass is 9.95. The van der Waals surface area contributed by atoms with Gasteiger partial charge in [-0.2, -0.15) is 0 Å². The summed E-state index contributed by atoms with van der Waals surface area (Å²) in [4.78, 5) is 25.8. The molecule has 0 unspecified atom stereocenters. The quantitative estimate of drug-likeness (QED) is 0.703. The van der Waals surface area contributed by atoms with E-state index in [1.165, 1.54) is 18.4 Å². The predicted molar refractivity (Wildman–Crippen MR) is 107 cm³/mol. The van der Waals surface area contributed by atoms with Gasteiger partial charge >= 0.3 is 5.97 Å². The SMILES string of the molecule is COC(=O)c1c(NC(=O)CNc2ccc(OC)c(Cl)c2)sc2c1CCCC2. The summed E-state index contributed by atoms with van der Waals surface area (Å²) >= 11 is 7.55. The molecule has 27 heavy (non-hydrogen) atoms. The van der Waals surface area contributed by atoms with Crippen LogP contribution >= 0.6 is 22.9 Å². The number of thiophene rings is 1. The highest BCUT2D eigenvalue weighted by atomic mass is 35.5. The van der Waals surface area contributed by atoms with Crippen molar-refractivity contribution in [2.24, 2.45) is 0 Å². The van der Waals surface area contributed by atoms with Crippen molar-refractivity contribution in [3.05, 3.63) is 39.2 Å². The number of fused-ring (bicyclic) bond motifs is 1. The van der Waals surface area contributed by atoms with Gasteiger partial charge in [-0.25, -0.2) is 4.79 Å². The van der Waals surface area contributed by atoms with Gasteiger partial charge in [-0.1, -0.05) is 11.6 Å². The van der Waals surface area contributed by atoms with Crippen molar-refractivity contribution < 1.29 is 19.1 Å². The number of carbonyl (C=O) groups excluding carboxylic acids is 2. The van der Waals surface area contributed by atoms with Gasteiger partial charge in [0.2, 0.25) is 5.91 Å². The van der Waals surface area contributed by atoms with E-state index in [9.17, 15) is 9.59 Å². The Kier molecular flexibility index (Phi) is 6.23. The van der Waals surface area contributed by atoms with Crippen molar-refractivity contribution in [3.63, 3.8) is 0 Å². The summed E-state index contributed by atoms with van der Waals surface area (Å²) in [5, 5.41) is 6.89. The Bertz CT molecular complexity index is 866. The molecule has 1 aliphatic carbocycles. The number of amides is 1. The lowest BCUT2D eigenvalue weighted by Gasteiger charge is -2.12. The van der Waals surface area contributed by atoms with Crippen LogP contribution in [0.1, 0.15) is 33.6 Å². The molecule has 2 N–H and O–H groups in total.